The van der Waals surface area contributed by atoms with E-state index in [1.165, 1.54) is 0 Å². The molecule has 0 amide bonds. The second kappa shape index (κ2) is 5.78. The molecular formula is C19H19ClN2O2S. The molecule has 0 aromatic heterocycles. The van der Waals surface area contributed by atoms with Gasteiger partial charge in [0.05, 0.1) is 13.2 Å². The molecule has 0 spiro atoms. The lowest BCUT2D eigenvalue weighted by Gasteiger charge is -2.56. The summed E-state index contributed by atoms with van der Waals surface area (Å²) in [5, 5.41) is 4.76. The van der Waals surface area contributed by atoms with Crippen LogP contribution in [0.2, 0.25) is 5.02 Å². The van der Waals surface area contributed by atoms with Crippen LogP contribution in [0.5, 0.6) is 11.5 Å². The lowest BCUT2D eigenvalue weighted by Crippen LogP contribution is -2.69. The molecule has 0 radical (unpaired) electrons. The van der Waals surface area contributed by atoms with Crippen LogP contribution in [0.25, 0.3) is 0 Å². The van der Waals surface area contributed by atoms with Gasteiger partial charge in [0.2, 0.25) is 0 Å². The Labute approximate surface area is 157 Å². The minimum absolute atomic E-state index is 0.0618. The van der Waals surface area contributed by atoms with Gasteiger partial charge in [0.25, 0.3) is 0 Å². The number of para-hydroxylation sites is 1. The molecule has 4 nitrogen and oxygen atoms in total. The third-order valence-corrected chi connectivity index (χ3v) is 5.75. The number of rotatable bonds is 2. The summed E-state index contributed by atoms with van der Waals surface area (Å²) in [6, 6.07) is 13.7. The summed E-state index contributed by atoms with van der Waals surface area (Å²) >= 11 is 11.9. The Bertz CT molecular complexity index is 859. The summed E-state index contributed by atoms with van der Waals surface area (Å²) < 4.78 is 12.1. The first kappa shape index (κ1) is 16.5. The third kappa shape index (κ3) is 2.37. The molecule has 0 saturated carbocycles. The van der Waals surface area contributed by atoms with Crippen molar-refractivity contribution in [2.75, 3.05) is 12.0 Å². The second-order valence-electron chi connectivity index (χ2n) is 6.57. The quantitative estimate of drug-likeness (QED) is 0.781. The number of halogens is 1. The summed E-state index contributed by atoms with van der Waals surface area (Å²) in [6.45, 7) is 4.23. The molecule has 1 saturated heterocycles. The summed E-state index contributed by atoms with van der Waals surface area (Å²) in [4.78, 5) is 2.00. The van der Waals surface area contributed by atoms with Crippen molar-refractivity contribution in [2.45, 2.75) is 25.6 Å². The molecule has 3 atom stereocenters. The minimum atomic E-state index is -0.653. The predicted octanol–water partition coefficient (Wildman–Crippen LogP) is 4.53. The van der Waals surface area contributed by atoms with Crippen molar-refractivity contribution < 1.29 is 9.47 Å². The van der Waals surface area contributed by atoms with Gasteiger partial charge in [-0.15, -0.1) is 0 Å². The van der Waals surface area contributed by atoms with Gasteiger partial charge in [-0.1, -0.05) is 36.7 Å². The van der Waals surface area contributed by atoms with Crippen LogP contribution in [0.15, 0.2) is 42.5 Å². The van der Waals surface area contributed by atoms with Crippen molar-refractivity contribution >= 4 is 34.6 Å². The largest absolute Gasteiger partial charge is 0.493 e. The molecule has 130 valence electrons. The lowest BCUT2D eigenvalue weighted by atomic mass is 9.80. The van der Waals surface area contributed by atoms with E-state index in [9.17, 15) is 0 Å². The zero-order chi connectivity index (χ0) is 17.8. The molecule has 2 bridgehead atoms. The van der Waals surface area contributed by atoms with E-state index >= 15 is 0 Å². The summed E-state index contributed by atoms with van der Waals surface area (Å²) in [5.41, 5.74) is 1.31. The fraction of sp³-hybridized carbons (Fsp3) is 0.316. The van der Waals surface area contributed by atoms with Gasteiger partial charge in [0.1, 0.15) is 0 Å². The average Bonchev–Trinajstić information content (AvgIpc) is 2.57. The lowest BCUT2D eigenvalue weighted by molar-refractivity contribution is -0.00545. The molecule has 2 aromatic carbocycles. The van der Waals surface area contributed by atoms with Crippen LogP contribution in [0.1, 0.15) is 25.5 Å². The SMILES string of the molecule is COc1cccc2c1O[C@@]1(C)[C@H](C)[C@H]2NC(=S)N1c1cccc(Cl)c1. The van der Waals surface area contributed by atoms with E-state index in [0.717, 1.165) is 22.7 Å². The highest BCUT2D eigenvalue weighted by atomic mass is 35.5. The highest BCUT2D eigenvalue weighted by molar-refractivity contribution is 7.80. The number of nitrogens with zero attached hydrogens (tertiary/aromatic N) is 1. The van der Waals surface area contributed by atoms with Crippen LogP contribution in [-0.2, 0) is 0 Å². The Morgan fingerprint density at radius 1 is 1.28 bits per heavy atom. The zero-order valence-corrected chi connectivity index (χ0v) is 15.8. The maximum absolute atomic E-state index is 6.53. The standard InChI is InChI=1S/C19H19ClN2O2S/c1-11-16-14-8-5-9-15(23-3)17(14)24-19(11,2)22(18(25)21-16)13-7-4-6-12(20)10-13/h4-11,16H,1-3H3,(H,21,25)/t11-,16-,19+/m1/s1. The molecular weight excluding hydrogens is 356 g/mol. The van der Waals surface area contributed by atoms with E-state index in [-0.39, 0.29) is 12.0 Å². The predicted molar refractivity (Wildman–Crippen MR) is 104 cm³/mol. The van der Waals surface area contributed by atoms with Crippen molar-refractivity contribution in [3.05, 3.63) is 53.1 Å². The van der Waals surface area contributed by atoms with Crippen molar-refractivity contribution in [2.24, 2.45) is 5.92 Å². The van der Waals surface area contributed by atoms with Gasteiger partial charge in [0.15, 0.2) is 22.3 Å². The number of ether oxygens (including phenoxy) is 2. The fourth-order valence-corrected chi connectivity index (χ4v) is 4.36. The molecule has 0 aliphatic carbocycles. The van der Waals surface area contributed by atoms with Crippen molar-refractivity contribution in [3.63, 3.8) is 0 Å². The number of thiocarbonyl (C=S) groups is 1. The van der Waals surface area contributed by atoms with Gasteiger partial charge in [-0.25, -0.2) is 0 Å². The van der Waals surface area contributed by atoms with E-state index in [1.54, 1.807) is 7.11 Å². The van der Waals surface area contributed by atoms with Crippen LogP contribution in [0.4, 0.5) is 5.69 Å². The Morgan fingerprint density at radius 2 is 2.04 bits per heavy atom. The van der Waals surface area contributed by atoms with E-state index in [0.29, 0.717) is 10.1 Å². The Morgan fingerprint density at radius 3 is 2.76 bits per heavy atom. The molecule has 1 N–H and O–H groups in total. The van der Waals surface area contributed by atoms with E-state index in [4.69, 9.17) is 33.3 Å². The van der Waals surface area contributed by atoms with Crippen LogP contribution in [0.3, 0.4) is 0 Å². The number of methoxy groups -OCH3 is 1. The van der Waals surface area contributed by atoms with Crippen LogP contribution in [0, 0.1) is 5.92 Å². The van der Waals surface area contributed by atoms with Crippen LogP contribution < -0.4 is 19.7 Å². The minimum Gasteiger partial charge on any atom is -0.493 e. The summed E-state index contributed by atoms with van der Waals surface area (Å²) in [5.74, 6) is 1.64. The topological polar surface area (TPSA) is 33.7 Å². The molecule has 25 heavy (non-hydrogen) atoms. The summed E-state index contributed by atoms with van der Waals surface area (Å²) in [6.07, 6.45) is 0. The van der Waals surface area contributed by atoms with Gasteiger partial charge < -0.3 is 14.8 Å². The number of fused-ring (bicyclic) bond motifs is 4. The van der Waals surface area contributed by atoms with Gasteiger partial charge in [-0.2, -0.15) is 0 Å². The Balaban J connectivity index is 1.88. The number of benzene rings is 2. The maximum atomic E-state index is 6.53. The van der Waals surface area contributed by atoms with Crippen LogP contribution in [-0.4, -0.2) is 17.9 Å². The normalized spacial score (nSPS) is 27.2. The molecule has 2 aromatic rings. The fourth-order valence-electron chi connectivity index (χ4n) is 3.77. The molecule has 2 aliphatic rings. The second-order valence-corrected chi connectivity index (χ2v) is 7.39. The zero-order valence-electron chi connectivity index (χ0n) is 14.2. The maximum Gasteiger partial charge on any atom is 0.191 e. The van der Waals surface area contributed by atoms with Crippen molar-refractivity contribution in [3.8, 4) is 11.5 Å². The number of anilines is 1. The number of hydrogen-bond donors (Lipinski definition) is 1. The van der Waals surface area contributed by atoms with E-state index < -0.39 is 5.72 Å². The van der Waals surface area contributed by atoms with Gasteiger partial charge in [0, 0.05) is 22.2 Å². The Kier molecular flexibility index (Phi) is 3.81. The van der Waals surface area contributed by atoms with E-state index in [1.807, 2.05) is 41.3 Å². The van der Waals surface area contributed by atoms with Gasteiger partial charge >= 0.3 is 0 Å². The molecule has 1 fully saturated rings. The molecule has 4 rings (SSSR count). The van der Waals surface area contributed by atoms with Crippen molar-refractivity contribution in [1.29, 1.82) is 0 Å². The van der Waals surface area contributed by atoms with Crippen molar-refractivity contribution in [1.82, 2.24) is 5.32 Å². The first-order chi connectivity index (χ1) is 12.0. The number of nitrogens with one attached hydrogen (secondary N) is 1. The molecule has 2 aliphatic heterocycles. The Hall–Kier alpha value is -1.98. The van der Waals surface area contributed by atoms with E-state index in [2.05, 4.69) is 25.2 Å². The first-order valence-corrected chi connectivity index (χ1v) is 8.96. The first-order valence-electron chi connectivity index (χ1n) is 8.18. The highest BCUT2D eigenvalue weighted by Gasteiger charge is 2.54. The van der Waals surface area contributed by atoms with Gasteiger partial charge in [-0.05, 0) is 43.4 Å². The highest BCUT2D eigenvalue weighted by Crippen LogP contribution is 2.52. The number of hydrogen-bond acceptors (Lipinski definition) is 3. The summed E-state index contributed by atoms with van der Waals surface area (Å²) in [7, 11) is 1.65. The third-order valence-electron chi connectivity index (χ3n) is 5.21. The molecule has 6 heteroatoms. The van der Waals surface area contributed by atoms with Gasteiger partial charge in [-0.3, -0.25) is 4.90 Å². The molecule has 0 unspecified atom stereocenters. The monoisotopic (exact) mass is 374 g/mol. The van der Waals surface area contributed by atoms with Crippen LogP contribution >= 0.6 is 23.8 Å². The smallest absolute Gasteiger partial charge is 0.191 e. The average molecular weight is 375 g/mol. The molecule has 2 heterocycles.